The molecule has 0 radical (unpaired) electrons. The van der Waals surface area contributed by atoms with E-state index in [-0.39, 0.29) is 0 Å². The molecule has 130 valence electrons. The number of likely N-dealkylation sites (tertiary alicyclic amines) is 1. The number of unbranched alkanes of at least 4 members (excludes halogenated alkanes) is 1. The lowest BCUT2D eigenvalue weighted by molar-refractivity contribution is 0.153. The maximum absolute atomic E-state index is 3.38. The van der Waals surface area contributed by atoms with Crippen LogP contribution in [-0.4, -0.2) is 37.6 Å². The molecule has 21 heavy (non-hydrogen) atoms. The van der Waals surface area contributed by atoms with Gasteiger partial charge in [0, 0.05) is 0 Å². The van der Waals surface area contributed by atoms with E-state index in [1.807, 2.05) is 41.5 Å². The second-order valence-corrected chi connectivity index (χ2v) is 5.40. The largest absolute Gasteiger partial charge is 0.316 e. The summed E-state index contributed by atoms with van der Waals surface area (Å²) in [5.41, 5.74) is 0. The topological polar surface area (TPSA) is 15.3 Å². The zero-order valence-electron chi connectivity index (χ0n) is 16.2. The molecule has 0 amide bonds. The highest BCUT2D eigenvalue weighted by atomic mass is 15.1. The van der Waals surface area contributed by atoms with E-state index in [9.17, 15) is 0 Å². The van der Waals surface area contributed by atoms with Gasteiger partial charge in [0.15, 0.2) is 0 Å². The fourth-order valence-electron chi connectivity index (χ4n) is 2.81. The second-order valence-electron chi connectivity index (χ2n) is 5.40. The van der Waals surface area contributed by atoms with Crippen molar-refractivity contribution in [2.24, 2.45) is 11.8 Å². The molecule has 0 unspecified atom stereocenters. The Labute approximate surface area is 136 Å². The van der Waals surface area contributed by atoms with E-state index in [4.69, 9.17) is 0 Å². The molecule has 2 fully saturated rings. The van der Waals surface area contributed by atoms with E-state index < -0.39 is 0 Å². The molecule has 1 N–H and O–H groups in total. The van der Waals surface area contributed by atoms with E-state index >= 15 is 0 Å². The molecule has 2 aliphatic rings. The predicted octanol–water partition coefficient (Wildman–Crippen LogP) is 5.19. The molecule has 2 aliphatic heterocycles. The van der Waals surface area contributed by atoms with E-state index in [0.717, 1.165) is 11.8 Å². The SMILES string of the molecule is CC.CC.CC.CCCCN1CCC(CC2CNC2)CC1. The van der Waals surface area contributed by atoms with Gasteiger partial charge in [-0.3, -0.25) is 0 Å². The molecular weight excluding hydrogens is 256 g/mol. The Bertz CT molecular complexity index is 170. The van der Waals surface area contributed by atoms with Crippen LogP contribution in [0, 0.1) is 11.8 Å². The van der Waals surface area contributed by atoms with Gasteiger partial charge in [0.25, 0.3) is 0 Å². The molecule has 0 aromatic carbocycles. The summed E-state index contributed by atoms with van der Waals surface area (Å²) >= 11 is 0. The van der Waals surface area contributed by atoms with Crippen molar-refractivity contribution in [1.82, 2.24) is 10.2 Å². The third-order valence-electron chi connectivity index (χ3n) is 4.07. The van der Waals surface area contributed by atoms with E-state index in [1.165, 1.54) is 64.8 Å². The smallest absolute Gasteiger partial charge is 0.000815 e. The Kier molecular flexibility index (Phi) is 19.8. The van der Waals surface area contributed by atoms with Crippen molar-refractivity contribution in [3.8, 4) is 0 Å². The normalized spacial score (nSPS) is 19.0. The zero-order chi connectivity index (χ0) is 16.5. The molecule has 2 rings (SSSR count). The number of nitrogens with one attached hydrogen (secondary N) is 1. The lowest BCUT2D eigenvalue weighted by Gasteiger charge is -2.36. The van der Waals surface area contributed by atoms with Gasteiger partial charge >= 0.3 is 0 Å². The van der Waals surface area contributed by atoms with Gasteiger partial charge in [0.05, 0.1) is 0 Å². The molecule has 0 bridgehead atoms. The minimum absolute atomic E-state index is 1.01. The van der Waals surface area contributed by atoms with Crippen LogP contribution in [0.25, 0.3) is 0 Å². The van der Waals surface area contributed by atoms with Gasteiger partial charge in [-0.15, -0.1) is 0 Å². The van der Waals surface area contributed by atoms with Crippen molar-refractivity contribution in [1.29, 1.82) is 0 Å². The molecule has 0 atom stereocenters. The Morgan fingerprint density at radius 2 is 1.38 bits per heavy atom. The van der Waals surface area contributed by atoms with Gasteiger partial charge in [0.2, 0.25) is 0 Å². The molecule has 2 heterocycles. The van der Waals surface area contributed by atoms with Gasteiger partial charge in [-0.05, 0) is 70.2 Å². The summed E-state index contributed by atoms with van der Waals surface area (Å²) < 4.78 is 0. The summed E-state index contributed by atoms with van der Waals surface area (Å²) in [5.74, 6) is 2.05. The van der Waals surface area contributed by atoms with Crippen molar-refractivity contribution < 1.29 is 0 Å². The first kappa shape index (κ1) is 23.2. The fourth-order valence-corrected chi connectivity index (χ4v) is 2.81. The Hall–Kier alpha value is -0.0800. The monoisotopic (exact) mass is 300 g/mol. The van der Waals surface area contributed by atoms with Crippen molar-refractivity contribution in [3.05, 3.63) is 0 Å². The van der Waals surface area contributed by atoms with Crippen molar-refractivity contribution in [2.75, 3.05) is 32.7 Å². The standard InChI is InChI=1S/C13H26N2.3C2H6/c1-2-3-6-15-7-4-12(5-8-15)9-13-10-14-11-13;3*1-2/h12-14H,2-11H2,1H3;3*1-2H3. The third-order valence-corrected chi connectivity index (χ3v) is 4.07. The average molecular weight is 301 g/mol. The van der Waals surface area contributed by atoms with Crippen molar-refractivity contribution >= 4 is 0 Å². The van der Waals surface area contributed by atoms with Gasteiger partial charge in [-0.25, -0.2) is 0 Å². The van der Waals surface area contributed by atoms with Gasteiger partial charge in [-0.1, -0.05) is 54.9 Å². The lowest BCUT2D eigenvalue weighted by atomic mass is 9.84. The summed E-state index contributed by atoms with van der Waals surface area (Å²) in [5, 5.41) is 3.38. The molecule has 2 heteroatoms. The van der Waals surface area contributed by atoms with E-state index in [2.05, 4.69) is 17.1 Å². The summed E-state index contributed by atoms with van der Waals surface area (Å²) in [7, 11) is 0. The van der Waals surface area contributed by atoms with Gasteiger partial charge < -0.3 is 10.2 Å². The maximum atomic E-state index is 3.38. The first-order valence-electron chi connectivity index (χ1n) is 9.81. The van der Waals surface area contributed by atoms with Crippen LogP contribution in [-0.2, 0) is 0 Å². The maximum Gasteiger partial charge on any atom is -0.000815 e. The predicted molar refractivity (Wildman–Crippen MR) is 99.1 cm³/mol. The van der Waals surface area contributed by atoms with Crippen LogP contribution in [0.3, 0.4) is 0 Å². The van der Waals surface area contributed by atoms with Crippen LogP contribution >= 0.6 is 0 Å². The first-order chi connectivity index (χ1) is 10.4. The van der Waals surface area contributed by atoms with Crippen LogP contribution in [0.15, 0.2) is 0 Å². The van der Waals surface area contributed by atoms with Crippen LogP contribution < -0.4 is 5.32 Å². The Balaban J connectivity index is 0. The quantitative estimate of drug-likeness (QED) is 0.752. The summed E-state index contributed by atoms with van der Waals surface area (Å²) in [6.07, 6.45) is 7.14. The molecule has 0 aromatic heterocycles. The number of hydrogen-bond donors (Lipinski definition) is 1. The Morgan fingerprint density at radius 3 is 1.76 bits per heavy atom. The molecule has 0 aliphatic carbocycles. The molecule has 0 aromatic rings. The van der Waals surface area contributed by atoms with Crippen LogP contribution in [0.4, 0.5) is 0 Å². The molecule has 2 nitrogen and oxygen atoms in total. The molecule has 0 saturated carbocycles. The number of rotatable bonds is 5. The second kappa shape index (κ2) is 18.0. The highest BCUT2D eigenvalue weighted by molar-refractivity contribution is 4.80. The number of nitrogens with zero attached hydrogens (tertiary/aromatic N) is 1. The van der Waals surface area contributed by atoms with E-state index in [1.54, 1.807) is 0 Å². The highest BCUT2D eigenvalue weighted by Gasteiger charge is 2.24. The molecule has 0 spiro atoms. The van der Waals surface area contributed by atoms with Crippen LogP contribution in [0.1, 0.15) is 80.6 Å². The minimum Gasteiger partial charge on any atom is -0.316 e. The highest BCUT2D eigenvalue weighted by Crippen LogP contribution is 2.25. The average Bonchev–Trinajstić information content (AvgIpc) is 2.56. The number of hydrogen-bond acceptors (Lipinski definition) is 2. The van der Waals surface area contributed by atoms with Crippen molar-refractivity contribution in [3.63, 3.8) is 0 Å². The van der Waals surface area contributed by atoms with Crippen molar-refractivity contribution in [2.45, 2.75) is 80.6 Å². The summed E-state index contributed by atoms with van der Waals surface area (Å²) in [4.78, 5) is 2.67. The fraction of sp³-hybridized carbons (Fsp3) is 1.00. The summed E-state index contributed by atoms with van der Waals surface area (Å²) in [6, 6.07) is 0. The summed E-state index contributed by atoms with van der Waals surface area (Å²) in [6.45, 7) is 20.9. The Morgan fingerprint density at radius 1 is 0.857 bits per heavy atom. The number of piperidine rings is 1. The minimum atomic E-state index is 1.01. The van der Waals surface area contributed by atoms with Crippen LogP contribution in [0.5, 0.6) is 0 Å². The first-order valence-corrected chi connectivity index (χ1v) is 9.81. The zero-order valence-corrected chi connectivity index (χ0v) is 16.2. The third kappa shape index (κ3) is 11.2. The van der Waals surface area contributed by atoms with E-state index in [0.29, 0.717) is 0 Å². The lowest BCUT2D eigenvalue weighted by Crippen LogP contribution is -2.44. The molecular formula is C19H44N2. The van der Waals surface area contributed by atoms with Gasteiger partial charge in [0.1, 0.15) is 0 Å². The van der Waals surface area contributed by atoms with Crippen LogP contribution in [0.2, 0.25) is 0 Å². The van der Waals surface area contributed by atoms with Gasteiger partial charge in [-0.2, -0.15) is 0 Å². The molecule has 2 saturated heterocycles.